The van der Waals surface area contributed by atoms with Crippen LogP contribution in [0.25, 0.3) is 21.5 Å². The van der Waals surface area contributed by atoms with E-state index < -0.39 is 18.5 Å². The van der Waals surface area contributed by atoms with Gasteiger partial charge in [-0.2, -0.15) is 0 Å². The van der Waals surface area contributed by atoms with Crippen molar-refractivity contribution in [3.8, 4) is 0 Å². The van der Waals surface area contributed by atoms with Crippen LogP contribution in [0.5, 0.6) is 0 Å². The monoisotopic (exact) mass is 346 g/mol. The first kappa shape index (κ1) is 15.8. The number of hydrogen-bond donors (Lipinski definition) is 1. The molecule has 6 nitrogen and oxygen atoms in total. The Morgan fingerprint density at radius 2 is 1.62 bits per heavy atom. The number of anilines is 1. The van der Waals surface area contributed by atoms with E-state index in [1.807, 2.05) is 54.6 Å². The molecule has 4 aromatic rings. The van der Waals surface area contributed by atoms with Gasteiger partial charge in [0.2, 0.25) is 0 Å². The quantitative estimate of drug-likeness (QED) is 0.449. The number of rotatable bonds is 4. The van der Waals surface area contributed by atoms with Gasteiger partial charge in [-0.15, -0.1) is 0 Å². The van der Waals surface area contributed by atoms with Crippen molar-refractivity contribution in [3.63, 3.8) is 0 Å². The number of fused-ring (bicyclic) bond motifs is 2. The van der Waals surface area contributed by atoms with E-state index in [4.69, 9.17) is 4.74 Å². The topological polar surface area (TPSA) is 81.4 Å². The molecule has 0 atom stereocenters. The van der Waals surface area contributed by atoms with Crippen LogP contribution in [-0.4, -0.2) is 23.6 Å². The van der Waals surface area contributed by atoms with Crippen LogP contribution in [0.3, 0.4) is 0 Å². The van der Waals surface area contributed by atoms with E-state index in [0.717, 1.165) is 21.5 Å². The first-order valence-corrected chi connectivity index (χ1v) is 8.00. The Bertz CT molecular complexity index is 1050. The largest absolute Gasteiger partial charge is 0.452 e. The molecule has 0 bridgehead atoms. The SMILES string of the molecule is O=C(COC(=O)c1c2ccccc2cc2ccccc12)Nc1ccon1. The number of esters is 1. The van der Waals surface area contributed by atoms with E-state index in [1.54, 1.807) is 0 Å². The molecule has 3 aromatic carbocycles. The van der Waals surface area contributed by atoms with E-state index in [1.165, 1.54) is 12.3 Å². The molecule has 0 saturated carbocycles. The maximum absolute atomic E-state index is 12.7. The molecule has 26 heavy (non-hydrogen) atoms. The Balaban J connectivity index is 1.64. The van der Waals surface area contributed by atoms with Crippen molar-refractivity contribution in [2.45, 2.75) is 0 Å². The first-order valence-electron chi connectivity index (χ1n) is 8.00. The van der Waals surface area contributed by atoms with Crippen LogP contribution >= 0.6 is 0 Å². The summed E-state index contributed by atoms with van der Waals surface area (Å²) in [7, 11) is 0. The van der Waals surface area contributed by atoms with Crippen molar-refractivity contribution in [1.29, 1.82) is 0 Å². The van der Waals surface area contributed by atoms with Gasteiger partial charge in [0.05, 0.1) is 5.56 Å². The third-order valence-corrected chi connectivity index (χ3v) is 4.02. The van der Waals surface area contributed by atoms with Gasteiger partial charge in [0.1, 0.15) is 6.26 Å². The number of amides is 1. The predicted molar refractivity (Wildman–Crippen MR) is 96.9 cm³/mol. The smallest absolute Gasteiger partial charge is 0.339 e. The highest BCUT2D eigenvalue weighted by Gasteiger charge is 2.17. The third kappa shape index (κ3) is 3.00. The number of nitrogens with zero attached hydrogens (tertiary/aromatic N) is 1. The van der Waals surface area contributed by atoms with Crippen LogP contribution in [0.4, 0.5) is 5.82 Å². The molecule has 1 N–H and O–H groups in total. The molecule has 0 unspecified atom stereocenters. The van der Waals surface area contributed by atoms with E-state index >= 15 is 0 Å². The number of aromatic nitrogens is 1. The van der Waals surface area contributed by atoms with Crippen molar-refractivity contribution in [2.75, 3.05) is 11.9 Å². The average molecular weight is 346 g/mol. The van der Waals surface area contributed by atoms with Crippen molar-refractivity contribution in [2.24, 2.45) is 0 Å². The van der Waals surface area contributed by atoms with Crippen molar-refractivity contribution >= 4 is 39.2 Å². The molecule has 1 heterocycles. The molecule has 0 aliphatic heterocycles. The van der Waals surface area contributed by atoms with Gasteiger partial charge in [-0.3, -0.25) is 4.79 Å². The fourth-order valence-electron chi connectivity index (χ4n) is 2.89. The lowest BCUT2D eigenvalue weighted by molar-refractivity contribution is -0.119. The average Bonchev–Trinajstić information content (AvgIpc) is 3.17. The maximum atomic E-state index is 12.7. The highest BCUT2D eigenvalue weighted by molar-refractivity contribution is 6.16. The molecule has 0 aliphatic carbocycles. The fraction of sp³-hybridized carbons (Fsp3) is 0.0500. The van der Waals surface area contributed by atoms with Crippen LogP contribution < -0.4 is 5.32 Å². The zero-order valence-corrected chi connectivity index (χ0v) is 13.6. The van der Waals surface area contributed by atoms with Crippen LogP contribution in [0.1, 0.15) is 10.4 Å². The van der Waals surface area contributed by atoms with Crippen molar-refractivity contribution in [1.82, 2.24) is 5.16 Å². The molecule has 0 aliphatic rings. The summed E-state index contributed by atoms with van der Waals surface area (Å²) in [5.41, 5.74) is 0.452. The van der Waals surface area contributed by atoms with Gasteiger partial charge in [0.25, 0.3) is 5.91 Å². The summed E-state index contributed by atoms with van der Waals surface area (Å²) in [5.74, 6) is -0.772. The van der Waals surface area contributed by atoms with E-state index in [2.05, 4.69) is 15.0 Å². The molecule has 0 fully saturated rings. The van der Waals surface area contributed by atoms with Gasteiger partial charge in [0, 0.05) is 6.07 Å². The second kappa shape index (κ2) is 6.68. The molecule has 1 aromatic heterocycles. The summed E-state index contributed by atoms with van der Waals surface area (Å²) in [6.07, 6.45) is 1.34. The molecular weight excluding hydrogens is 332 g/mol. The van der Waals surface area contributed by atoms with E-state index in [-0.39, 0.29) is 5.82 Å². The number of carbonyl (C=O) groups excluding carboxylic acids is 2. The summed E-state index contributed by atoms with van der Waals surface area (Å²) in [5, 5.41) is 9.50. The van der Waals surface area contributed by atoms with Crippen LogP contribution in [0, 0.1) is 0 Å². The fourth-order valence-corrected chi connectivity index (χ4v) is 2.89. The molecule has 128 valence electrons. The number of nitrogens with one attached hydrogen (secondary N) is 1. The summed E-state index contributed by atoms with van der Waals surface area (Å²) < 4.78 is 9.88. The second-order valence-corrected chi connectivity index (χ2v) is 5.70. The maximum Gasteiger partial charge on any atom is 0.339 e. The lowest BCUT2D eigenvalue weighted by Crippen LogP contribution is -2.21. The summed E-state index contributed by atoms with van der Waals surface area (Å²) in [4.78, 5) is 24.6. The Morgan fingerprint density at radius 3 is 2.23 bits per heavy atom. The molecule has 0 saturated heterocycles. The van der Waals surface area contributed by atoms with Crippen LogP contribution in [0.2, 0.25) is 0 Å². The third-order valence-electron chi connectivity index (χ3n) is 4.02. The first-order chi connectivity index (χ1) is 12.7. The molecule has 6 heteroatoms. The van der Waals surface area contributed by atoms with E-state index in [9.17, 15) is 9.59 Å². The highest BCUT2D eigenvalue weighted by atomic mass is 16.5. The minimum Gasteiger partial charge on any atom is -0.452 e. The minimum absolute atomic E-state index is 0.265. The number of benzene rings is 3. The van der Waals surface area contributed by atoms with Gasteiger partial charge < -0.3 is 14.6 Å². The van der Waals surface area contributed by atoms with Crippen molar-refractivity contribution < 1.29 is 18.8 Å². The lowest BCUT2D eigenvalue weighted by atomic mass is 9.97. The zero-order chi connectivity index (χ0) is 17.9. The minimum atomic E-state index is -0.548. The molecular formula is C20H14N2O4. The Morgan fingerprint density at radius 1 is 0.962 bits per heavy atom. The lowest BCUT2D eigenvalue weighted by Gasteiger charge is -2.11. The normalized spacial score (nSPS) is 10.8. The molecule has 4 rings (SSSR count). The van der Waals surface area contributed by atoms with Gasteiger partial charge in [0.15, 0.2) is 12.4 Å². The number of carbonyl (C=O) groups is 2. The van der Waals surface area contributed by atoms with E-state index in [0.29, 0.717) is 5.56 Å². The second-order valence-electron chi connectivity index (χ2n) is 5.70. The summed E-state index contributed by atoms with van der Waals surface area (Å²) in [6, 6.07) is 18.7. The predicted octanol–water partition coefficient (Wildman–Crippen LogP) is 3.78. The van der Waals surface area contributed by atoms with Crippen molar-refractivity contribution in [3.05, 3.63) is 72.5 Å². The summed E-state index contributed by atoms with van der Waals surface area (Å²) in [6.45, 7) is -0.413. The Hall–Kier alpha value is -3.67. The highest BCUT2D eigenvalue weighted by Crippen LogP contribution is 2.29. The molecule has 0 spiro atoms. The Labute approximate surface area is 148 Å². The number of ether oxygens (including phenoxy) is 1. The standard InChI is InChI=1S/C20H14N2O4/c23-18(21-17-9-10-26-22-17)12-25-20(24)19-15-7-3-1-5-13(15)11-14-6-2-4-8-16(14)19/h1-11H,12H2,(H,21,22,23). The van der Waals surface area contributed by atoms with Gasteiger partial charge in [-0.25, -0.2) is 4.79 Å². The molecule has 0 radical (unpaired) electrons. The number of hydrogen-bond acceptors (Lipinski definition) is 5. The van der Waals surface area contributed by atoms with Gasteiger partial charge in [-0.05, 0) is 27.6 Å². The Kier molecular flexibility index (Phi) is 4.07. The van der Waals surface area contributed by atoms with Gasteiger partial charge >= 0.3 is 5.97 Å². The van der Waals surface area contributed by atoms with Crippen LogP contribution in [-0.2, 0) is 9.53 Å². The molecule has 1 amide bonds. The van der Waals surface area contributed by atoms with Gasteiger partial charge in [-0.1, -0.05) is 53.7 Å². The van der Waals surface area contributed by atoms with Crippen LogP contribution in [0.15, 0.2) is 71.4 Å². The zero-order valence-electron chi connectivity index (χ0n) is 13.6. The summed E-state index contributed by atoms with van der Waals surface area (Å²) >= 11 is 0.